The standard InChI is InChI=1S/C20H19N5O3.C2H6/c1-21-18-12-15(19(26)28-22-2)6-9-17(18)25-13-14-4-7-16(8-5-14)27-20-23-10-3-11-24-20;1-2/h3-13,21-22H,1-2H3;1-2H3. The molecule has 0 unspecified atom stereocenters. The third-order valence-electron chi connectivity index (χ3n) is 3.68. The summed E-state index contributed by atoms with van der Waals surface area (Å²) >= 11 is 0. The largest absolute Gasteiger partial charge is 0.424 e. The van der Waals surface area contributed by atoms with E-state index in [1.807, 2.05) is 38.1 Å². The summed E-state index contributed by atoms with van der Waals surface area (Å²) in [5, 5.41) is 3.03. The Labute approximate surface area is 176 Å². The van der Waals surface area contributed by atoms with Gasteiger partial charge in [-0.25, -0.2) is 14.8 Å². The van der Waals surface area contributed by atoms with E-state index >= 15 is 0 Å². The number of carbonyl (C=O) groups excluding carboxylic acids is 1. The quantitative estimate of drug-likeness (QED) is 0.443. The maximum Gasteiger partial charge on any atom is 0.356 e. The molecule has 3 aromatic rings. The lowest BCUT2D eigenvalue weighted by molar-refractivity contribution is 0.0310. The van der Waals surface area contributed by atoms with Gasteiger partial charge in [-0.05, 0) is 54.1 Å². The Morgan fingerprint density at radius 3 is 2.37 bits per heavy atom. The Bertz CT molecular complexity index is 960. The normalized spacial score (nSPS) is 10.1. The molecule has 0 aliphatic rings. The first-order valence-electron chi connectivity index (χ1n) is 9.48. The van der Waals surface area contributed by atoms with E-state index < -0.39 is 5.97 Å². The number of hydroxylamine groups is 1. The molecule has 1 aromatic heterocycles. The molecule has 156 valence electrons. The second-order valence-electron chi connectivity index (χ2n) is 5.54. The van der Waals surface area contributed by atoms with Crippen LogP contribution in [-0.4, -0.2) is 36.2 Å². The molecule has 0 aliphatic carbocycles. The average Bonchev–Trinajstić information content (AvgIpc) is 2.80. The van der Waals surface area contributed by atoms with Gasteiger partial charge in [0.05, 0.1) is 16.9 Å². The van der Waals surface area contributed by atoms with Crippen molar-refractivity contribution >= 4 is 23.6 Å². The van der Waals surface area contributed by atoms with Crippen LogP contribution in [0.15, 0.2) is 65.9 Å². The van der Waals surface area contributed by atoms with Crippen molar-refractivity contribution in [3.05, 3.63) is 72.1 Å². The summed E-state index contributed by atoms with van der Waals surface area (Å²) < 4.78 is 5.56. The fourth-order valence-electron chi connectivity index (χ4n) is 2.34. The van der Waals surface area contributed by atoms with E-state index in [4.69, 9.17) is 9.57 Å². The van der Waals surface area contributed by atoms with Crippen LogP contribution < -0.4 is 15.5 Å². The molecule has 2 N–H and O–H groups in total. The second-order valence-corrected chi connectivity index (χ2v) is 5.54. The van der Waals surface area contributed by atoms with Gasteiger partial charge in [-0.1, -0.05) is 13.8 Å². The second kappa shape index (κ2) is 11.9. The van der Waals surface area contributed by atoms with Crippen LogP contribution in [0.1, 0.15) is 29.8 Å². The Morgan fingerprint density at radius 2 is 1.73 bits per heavy atom. The number of benzene rings is 2. The van der Waals surface area contributed by atoms with E-state index in [0.29, 0.717) is 28.7 Å². The van der Waals surface area contributed by atoms with Crippen LogP contribution in [0.4, 0.5) is 11.4 Å². The van der Waals surface area contributed by atoms with Crippen LogP contribution in [0.5, 0.6) is 11.8 Å². The maximum absolute atomic E-state index is 11.8. The lowest BCUT2D eigenvalue weighted by atomic mass is 10.1. The summed E-state index contributed by atoms with van der Waals surface area (Å²) in [6.45, 7) is 4.00. The Morgan fingerprint density at radius 1 is 1.03 bits per heavy atom. The molecule has 30 heavy (non-hydrogen) atoms. The molecule has 1 heterocycles. The van der Waals surface area contributed by atoms with E-state index in [1.54, 1.807) is 49.9 Å². The molecule has 3 rings (SSSR count). The van der Waals surface area contributed by atoms with Gasteiger partial charge >= 0.3 is 12.0 Å². The topological polar surface area (TPSA) is 97.7 Å². The van der Waals surface area contributed by atoms with Crippen molar-refractivity contribution in [2.24, 2.45) is 4.99 Å². The highest BCUT2D eigenvalue weighted by atomic mass is 16.7. The van der Waals surface area contributed by atoms with Gasteiger partial charge < -0.3 is 14.9 Å². The highest BCUT2D eigenvalue weighted by Crippen LogP contribution is 2.26. The molecule has 8 heteroatoms. The lowest BCUT2D eigenvalue weighted by Crippen LogP contribution is -2.15. The van der Waals surface area contributed by atoms with Gasteiger partial charge in [0.15, 0.2) is 0 Å². The molecule has 2 aromatic carbocycles. The van der Waals surface area contributed by atoms with E-state index in [-0.39, 0.29) is 0 Å². The number of carbonyl (C=O) groups is 1. The van der Waals surface area contributed by atoms with Gasteiger partial charge in [0.1, 0.15) is 5.75 Å². The molecule has 0 bridgehead atoms. The molecular formula is C22H25N5O3. The Balaban J connectivity index is 0.00000155. The predicted octanol–water partition coefficient (Wildman–Crippen LogP) is 4.38. The molecule has 0 saturated carbocycles. The first-order chi connectivity index (χ1) is 14.7. The number of hydrogen-bond donors (Lipinski definition) is 2. The highest BCUT2D eigenvalue weighted by molar-refractivity contribution is 5.92. The summed E-state index contributed by atoms with van der Waals surface area (Å²) in [4.78, 5) is 29.1. The van der Waals surface area contributed by atoms with Crippen LogP contribution in [0.2, 0.25) is 0 Å². The number of ether oxygens (including phenoxy) is 1. The van der Waals surface area contributed by atoms with Gasteiger partial charge in [-0.15, -0.1) is 0 Å². The Kier molecular flexibility index (Phi) is 8.95. The molecule has 0 fully saturated rings. The molecule has 0 amide bonds. The van der Waals surface area contributed by atoms with Gasteiger partial charge in [0.25, 0.3) is 0 Å². The minimum atomic E-state index is -0.465. The van der Waals surface area contributed by atoms with Crippen LogP contribution in [0, 0.1) is 0 Å². The number of nitrogens with one attached hydrogen (secondary N) is 2. The van der Waals surface area contributed by atoms with Crippen LogP contribution in [-0.2, 0) is 4.84 Å². The first-order valence-corrected chi connectivity index (χ1v) is 9.48. The van der Waals surface area contributed by atoms with E-state index in [0.717, 1.165) is 5.56 Å². The summed E-state index contributed by atoms with van der Waals surface area (Å²) in [5.74, 6) is 0.166. The van der Waals surface area contributed by atoms with Crippen molar-refractivity contribution in [1.82, 2.24) is 15.4 Å². The van der Waals surface area contributed by atoms with Gasteiger partial charge in [-0.3, -0.25) is 4.99 Å². The van der Waals surface area contributed by atoms with Crippen molar-refractivity contribution in [1.29, 1.82) is 0 Å². The molecule has 0 aliphatic heterocycles. The lowest BCUT2D eigenvalue weighted by Gasteiger charge is -2.08. The number of aliphatic imine (C=N–C) groups is 1. The van der Waals surface area contributed by atoms with Crippen LogP contribution in [0.25, 0.3) is 0 Å². The highest BCUT2D eigenvalue weighted by Gasteiger charge is 2.09. The third-order valence-corrected chi connectivity index (χ3v) is 3.68. The molecule has 8 nitrogen and oxygen atoms in total. The third kappa shape index (κ3) is 6.39. The van der Waals surface area contributed by atoms with Crippen LogP contribution >= 0.6 is 0 Å². The SMILES string of the molecule is CC.CNOC(=O)c1ccc(N=Cc2ccc(Oc3ncccn3)cc2)c(NC)c1. The van der Waals surface area contributed by atoms with Crippen molar-refractivity contribution < 1.29 is 14.4 Å². The molecule has 0 radical (unpaired) electrons. The summed E-state index contributed by atoms with van der Waals surface area (Å²) in [7, 11) is 3.29. The van der Waals surface area contributed by atoms with Crippen LogP contribution in [0.3, 0.4) is 0 Å². The summed E-state index contributed by atoms with van der Waals surface area (Å²) in [6, 6.07) is 14.5. The van der Waals surface area contributed by atoms with E-state index in [2.05, 4.69) is 25.8 Å². The van der Waals surface area contributed by atoms with Crippen molar-refractivity contribution in [2.75, 3.05) is 19.4 Å². The van der Waals surface area contributed by atoms with Gasteiger partial charge in [-0.2, -0.15) is 5.48 Å². The van der Waals surface area contributed by atoms with E-state index in [9.17, 15) is 4.79 Å². The average molecular weight is 407 g/mol. The predicted molar refractivity (Wildman–Crippen MR) is 118 cm³/mol. The van der Waals surface area contributed by atoms with Crippen molar-refractivity contribution in [2.45, 2.75) is 13.8 Å². The fourth-order valence-corrected chi connectivity index (χ4v) is 2.34. The van der Waals surface area contributed by atoms with Gasteiger partial charge in [0.2, 0.25) is 0 Å². The first kappa shape index (κ1) is 22.5. The minimum Gasteiger partial charge on any atom is -0.424 e. The zero-order valence-electron chi connectivity index (χ0n) is 17.4. The number of aromatic nitrogens is 2. The smallest absolute Gasteiger partial charge is 0.356 e. The number of anilines is 1. The van der Waals surface area contributed by atoms with E-state index in [1.165, 1.54) is 7.05 Å². The molecular weight excluding hydrogens is 382 g/mol. The number of nitrogens with zero attached hydrogens (tertiary/aromatic N) is 3. The fraction of sp³-hybridized carbons (Fsp3) is 0.182. The molecule has 0 atom stereocenters. The Hall–Kier alpha value is -3.78. The van der Waals surface area contributed by atoms with Gasteiger partial charge in [0, 0.05) is 32.7 Å². The summed E-state index contributed by atoms with van der Waals surface area (Å²) in [6.07, 6.45) is 4.96. The monoisotopic (exact) mass is 407 g/mol. The summed E-state index contributed by atoms with van der Waals surface area (Å²) in [5.41, 5.74) is 5.08. The number of hydrogen-bond acceptors (Lipinski definition) is 8. The zero-order chi connectivity index (χ0) is 21.8. The number of rotatable bonds is 7. The molecule has 0 spiro atoms. The maximum atomic E-state index is 11.8. The molecule has 0 saturated heterocycles. The zero-order valence-corrected chi connectivity index (χ0v) is 17.4. The van der Waals surface area contributed by atoms with Crippen molar-refractivity contribution in [3.63, 3.8) is 0 Å². The van der Waals surface area contributed by atoms with Crippen molar-refractivity contribution in [3.8, 4) is 11.8 Å². The minimum absolute atomic E-state index is 0.291.